The lowest BCUT2D eigenvalue weighted by atomic mass is 10.1. The molecule has 5 nitrogen and oxygen atoms in total. The van der Waals surface area contributed by atoms with Gasteiger partial charge >= 0.3 is 0 Å². The molecule has 0 bridgehead atoms. The molecule has 0 fully saturated rings. The normalized spacial score (nSPS) is 10.3. The second-order valence-electron chi connectivity index (χ2n) is 4.45. The van der Waals surface area contributed by atoms with Crippen molar-refractivity contribution in [1.82, 2.24) is 9.97 Å². The van der Waals surface area contributed by atoms with Crippen LogP contribution in [0.15, 0.2) is 35.7 Å². The van der Waals surface area contributed by atoms with E-state index in [-0.39, 0.29) is 0 Å². The molecule has 2 heterocycles. The van der Waals surface area contributed by atoms with Crippen LogP contribution in [0.1, 0.15) is 11.1 Å². The van der Waals surface area contributed by atoms with Gasteiger partial charge in [0.05, 0.1) is 17.0 Å². The van der Waals surface area contributed by atoms with Gasteiger partial charge in [0.25, 0.3) is 0 Å². The number of nitrogens with one attached hydrogen (secondary N) is 2. The van der Waals surface area contributed by atoms with Crippen molar-refractivity contribution in [2.24, 2.45) is 0 Å². The summed E-state index contributed by atoms with van der Waals surface area (Å²) in [5.41, 5.74) is 1.76. The van der Waals surface area contributed by atoms with Crippen molar-refractivity contribution in [3.8, 4) is 6.07 Å². The second kappa shape index (κ2) is 5.77. The molecule has 0 saturated heterocycles. The van der Waals surface area contributed by atoms with Gasteiger partial charge in [0.1, 0.15) is 10.6 Å². The van der Waals surface area contributed by atoms with Gasteiger partial charge in [0, 0.05) is 13.6 Å². The van der Waals surface area contributed by atoms with Crippen LogP contribution in [0.2, 0.25) is 0 Å². The highest BCUT2D eigenvalue weighted by molar-refractivity contribution is 7.16. The summed E-state index contributed by atoms with van der Waals surface area (Å²) in [4.78, 5) is 9.83. The van der Waals surface area contributed by atoms with E-state index in [1.165, 1.54) is 0 Å². The van der Waals surface area contributed by atoms with Crippen LogP contribution in [0.5, 0.6) is 0 Å². The van der Waals surface area contributed by atoms with E-state index in [9.17, 15) is 0 Å². The Morgan fingerprint density at radius 1 is 1.19 bits per heavy atom. The molecule has 0 atom stereocenters. The molecule has 0 aliphatic heterocycles. The van der Waals surface area contributed by atoms with Crippen LogP contribution in [-0.4, -0.2) is 17.0 Å². The molecule has 0 amide bonds. The third kappa shape index (κ3) is 2.78. The van der Waals surface area contributed by atoms with Gasteiger partial charge in [-0.3, -0.25) is 0 Å². The predicted octanol–water partition coefficient (Wildman–Crippen LogP) is 3.22. The lowest BCUT2D eigenvalue weighted by molar-refractivity contribution is 1.10. The average Bonchev–Trinajstić information content (AvgIpc) is 3.01. The summed E-state index contributed by atoms with van der Waals surface area (Å²) in [6.45, 7) is 0.650. The number of aromatic nitrogens is 2. The summed E-state index contributed by atoms with van der Waals surface area (Å²) in [7, 11) is 1.80. The van der Waals surface area contributed by atoms with Gasteiger partial charge in [0.2, 0.25) is 5.95 Å². The second-order valence-corrected chi connectivity index (χ2v) is 5.34. The maximum Gasteiger partial charge on any atom is 0.225 e. The van der Waals surface area contributed by atoms with E-state index < -0.39 is 0 Å². The van der Waals surface area contributed by atoms with Gasteiger partial charge in [-0.05, 0) is 29.1 Å². The van der Waals surface area contributed by atoms with Crippen molar-refractivity contribution in [1.29, 1.82) is 5.26 Å². The van der Waals surface area contributed by atoms with E-state index in [1.807, 2.05) is 35.7 Å². The topological polar surface area (TPSA) is 73.6 Å². The lowest BCUT2D eigenvalue weighted by Crippen LogP contribution is -2.04. The predicted molar refractivity (Wildman–Crippen MR) is 85.4 cm³/mol. The molecule has 0 aliphatic carbocycles. The molecular formula is C15H13N5S. The zero-order valence-electron chi connectivity index (χ0n) is 11.4. The van der Waals surface area contributed by atoms with E-state index in [0.717, 1.165) is 21.6 Å². The smallest absolute Gasteiger partial charge is 0.225 e. The minimum atomic E-state index is 0.604. The summed E-state index contributed by atoms with van der Waals surface area (Å²) in [5, 5.41) is 18.1. The number of hydrogen-bond donors (Lipinski definition) is 2. The Morgan fingerprint density at radius 2 is 2.00 bits per heavy atom. The van der Waals surface area contributed by atoms with Crippen LogP contribution in [0, 0.1) is 11.3 Å². The number of fused-ring (bicyclic) bond motifs is 1. The molecule has 2 N–H and O–H groups in total. The number of nitrogens with zero attached hydrogens (tertiary/aromatic N) is 3. The molecule has 3 rings (SSSR count). The minimum absolute atomic E-state index is 0.604. The Kier molecular flexibility index (Phi) is 3.67. The highest BCUT2D eigenvalue weighted by atomic mass is 32.1. The fraction of sp³-hybridized carbons (Fsp3) is 0.133. The van der Waals surface area contributed by atoms with Crippen molar-refractivity contribution in [3.05, 3.63) is 46.8 Å². The summed E-state index contributed by atoms with van der Waals surface area (Å²) in [6.07, 6.45) is 0. The third-order valence-corrected chi connectivity index (χ3v) is 3.90. The van der Waals surface area contributed by atoms with Gasteiger partial charge in [-0.2, -0.15) is 10.2 Å². The molecule has 104 valence electrons. The van der Waals surface area contributed by atoms with Crippen molar-refractivity contribution < 1.29 is 0 Å². The van der Waals surface area contributed by atoms with E-state index in [4.69, 9.17) is 5.26 Å². The summed E-state index contributed by atoms with van der Waals surface area (Å²) in [6, 6.07) is 11.6. The van der Waals surface area contributed by atoms with Crippen molar-refractivity contribution >= 4 is 33.3 Å². The van der Waals surface area contributed by atoms with E-state index in [2.05, 4.69) is 26.7 Å². The molecule has 0 radical (unpaired) electrons. The first-order valence-electron chi connectivity index (χ1n) is 6.46. The Hall–Kier alpha value is -2.65. The van der Waals surface area contributed by atoms with E-state index in [1.54, 1.807) is 18.4 Å². The van der Waals surface area contributed by atoms with Gasteiger partial charge in [0.15, 0.2) is 0 Å². The Bertz CT molecular complexity index is 801. The number of rotatable bonds is 4. The molecule has 6 heteroatoms. The third-order valence-electron chi connectivity index (χ3n) is 3.09. The van der Waals surface area contributed by atoms with Crippen LogP contribution in [0.3, 0.4) is 0 Å². The standard InChI is InChI=1S/C15H13N5S/c1-17-15-19-13(12-6-7-21-14(12)20-15)18-9-11-4-2-10(8-16)3-5-11/h2-7H,9H2,1H3,(H2,17,18,19,20). The Balaban J connectivity index is 1.83. The fourth-order valence-electron chi connectivity index (χ4n) is 1.98. The number of nitriles is 1. The van der Waals surface area contributed by atoms with E-state index >= 15 is 0 Å². The van der Waals surface area contributed by atoms with Crippen LogP contribution < -0.4 is 10.6 Å². The van der Waals surface area contributed by atoms with Gasteiger partial charge in [-0.15, -0.1) is 11.3 Å². The quantitative estimate of drug-likeness (QED) is 0.773. The van der Waals surface area contributed by atoms with Crippen LogP contribution in [0.4, 0.5) is 11.8 Å². The molecule has 2 aromatic heterocycles. The molecule has 21 heavy (non-hydrogen) atoms. The maximum absolute atomic E-state index is 8.80. The highest BCUT2D eigenvalue weighted by Gasteiger charge is 2.07. The zero-order valence-corrected chi connectivity index (χ0v) is 12.2. The highest BCUT2D eigenvalue weighted by Crippen LogP contribution is 2.26. The van der Waals surface area contributed by atoms with Crippen LogP contribution in [-0.2, 0) is 6.54 Å². The van der Waals surface area contributed by atoms with Gasteiger partial charge in [-0.25, -0.2) is 4.98 Å². The molecule has 0 saturated carbocycles. The molecular weight excluding hydrogens is 282 g/mol. The monoisotopic (exact) mass is 295 g/mol. The molecule has 3 aromatic rings. The van der Waals surface area contributed by atoms with Crippen LogP contribution >= 0.6 is 11.3 Å². The van der Waals surface area contributed by atoms with Crippen LogP contribution in [0.25, 0.3) is 10.2 Å². The first-order valence-corrected chi connectivity index (χ1v) is 7.34. The largest absolute Gasteiger partial charge is 0.365 e. The number of hydrogen-bond acceptors (Lipinski definition) is 6. The fourth-order valence-corrected chi connectivity index (χ4v) is 2.75. The van der Waals surface area contributed by atoms with Crippen molar-refractivity contribution in [2.45, 2.75) is 6.54 Å². The molecule has 0 aliphatic rings. The first kappa shape index (κ1) is 13.3. The zero-order chi connectivity index (χ0) is 14.7. The number of anilines is 2. The summed E-state index contributed by atoms with van der Waals surface area (Å²) >= 11 is 1.59. The SMILES string of the molecule is CNc1nc(NCc2ccc(C#N)cc2)c2ccsc2n1. The van der Waals surface area contributed by atoms with Crippen molar-refractivity contribution in [3.63, 3.8) is 0 Å². The lowest BCUT2D eigenvalue weighted by Gasteiger charge is -2.08. The molecule has 0 unspecified atom stereocenters. The summed E-state index contributed by atoms with van der Waals surface area (Å²) in [5.74, 6) is 1.42. The Labute approximate surface area is 126 Å². The average molecular weight is 295 g/mol. The van der Waals surface area contributed by atoms with Gasteiger partial charge < -0.3 is 10.6 Å². The Morgan fingerprint density at radius 3 is 2.71 bits per heavy atom. The number of benzene rings is 1. The first-order chi connectivity index (χ1) is 10.3. The number of thiophene rings is 1. The molecule has 1 aromatic carbocycles. The maximum atomic E-state index is 8.80. The van der Waals surface area contributed by atoms with Crippen molar-refractivity contribution in [2.75, 3.05) is 17.7 Å². The molecule has 0 spiro atoms. The minimum Gasteiger partial charge on any atom is -0.365 e. The van der Waals surface area contributed by atoms with E-state index in [0.29, 0.717) is 18.1 Å². The summed E-state index contributed by atoms with van der Waals surface area (Å²) < 4.78 is 0. The van der Waals surface area contributed by atoms with Gasteiger partial charge in [-0.1, -0.05) is 12.1 Å².